The average Bonchev–Trinajstić information content (AvgIpc) is 2.52. The lowest BCUT2D eigenvalue weighted by Gasteiger charge is -2.25. The molecule has 3 atom stereocenters. The predicted octanol–water partition coefficient (Wildman–Crippen LogP) is -1.09. The van der Waals surface area contributed by atoms with E-state index in [1.165, 1.54) is 18.7 Å². The van der Waals surface area contributed by atoms with Gasteiger partial charge in [0.15, 0.2) is 0 Å². The van der Waals surface area contributed by atoms with Crippen LogP contribution in [0.25, 0.3) is 0 Å². The van der Waals surface area contributed by atoms with E-state index in [2.05, 4.69) is 16.0 Å². The number of hydrogen-bond donors (Lipinski definition) is 5. The molecule has 0 aliphatic heterocycles. The van der Waals surface area contributed by atoms with Crippen LogP contribution in [0.5, 0.6) is 0 Å². The van der Waals surface area contributed by atoms with E-state index in [-0.39, 0.29) is 5.92 Å². The van der Waals surface area contributed by atoms with Gasteiger partial charge >= 0.3 is 5.97 Å². The van der Waals surface area contributed by atoms with Crippen molar-refractivity contribution in [3.8, 4) is 0 Å². The molecule has 6 N–H and O–H groups in total. The van der Waals surface area contributed by atoms with Gasteiger partial charge in [-0.3, -0.25) is 19.2 Å². The van der Waals surface area contributed by atoms with Crippen LogP contribution < -0.4 is 21.7 Å². The van der Waals surface area contributed by atoms with Crippen LogP contribution in [0.2, 0.25) is 0 Å². The van der Waals surface area contributed by atoms with Crippen molar-refractivity contribution in [2.75, 3.05) is 18.6 Å². The van der Waals surface area contributed by atoms with Crippen LogP contribution in [0.4, 0.5) is 0 Å². The van der Waals surface area contributed by atoms with E-state index in [1.807, 2.05) is 6.26 Å². The Morgan fingerprint density at radius 2 is 1.64 bits per heavy atom. The number of carbonyl (C=O) groups excluding carboxylic acids is 3. The van der Waals surface area contributed by atoms with Gasteiger partial charge in [-0.05, 0) is 31.3 Å². The first-order chi connectivity index (χ1) is 11.6. The first-order valence-electron chi connectivity index (χ1n) is 7.94. The smallest absolute Gasteiger partial charge is 0.322 e. The van der Waals surface area contributed by atoms with Crippen molar-refractivity contribution >= 4 is 35.5 Å². The van der Waals surface area contributed by atoms with Crippen LogP contribution in [0.3, 0.4) is 0 Å². The summed E-state index contributed by atoms with van der Waals surface area (Å²) in [6, 6.07) is -2.49. The molecular weight excluding hydrogens is 348 g/mol. The first kappa shape index (κ1) is 23.2. The van der Waals surface area contributed by atoms with Crippen molar-refractivity contribution in [3.63, 3.8) is 0 Å². The number of amides is 3. The molecule has 0 heterocycles. The normalized spacial score (nSPS) is 14.3. The molecule has 0 bridgehead atoms. The first-order valence-corrected chi connectivity index (χ1v) is 9.34. The number of carboxylic acids is 1. The van der Waals surface area contributed by atoms with Crippen LogP contribution in [-0.2, 0) is 19.2 Å². The van der Waals surface area contributed by atoms with E-state index in [4.69, 9.17) is 10.8 Å². The average molecular weight is 376 g/mol. The molecule has 0 aliphatic carbocycles. The minimum absolute atomic E-state index is 0.217. The van der Waals surface area contributed by atoms with Crippen molar-refractivity contribution < 1.29 is 24.3 Å². The number of carbonyl (C=O) groups is 4. The summed E-state index contributed by atoms with van der Waals surface area (Å²) in [5, 5.41) is 16.1. The van der Waals surface area contributed by atoms with E-state index in [0.29, 0.717) is 12.2 Å². The van der Waals surface area contributed by atoms with Gasteiger partial charge < -0.3 is 26.8 Å². The second kappa shape index (κ2) is 11.7. The monoisotopic (exact) mass is 376 g/mol. The third-order valence-electron chi connectivity index (χ3n) is 3.32. The van der Waals surface area contributed by atoms with Crippen molar-refractivity contribution in [3.05, 3.63) is 0 Å². The highest BCUT2D eigenvalue weighted by molar-refractivity contribution is 7.98. The Morgan fingerprint density at radius 3 is 2.08 bits per heavy atom. The standard InChI is InChI=1S/C15H28N4O5S/c1-8(2)12(19-13(22)9(3)16)15(24)18-10(5-6-25-4)14(23)17-7-11(20)21/h8-10,12H,5-7,16H2,1-4H3,(H,17,23)(H,18,24)(H,19,22)(H,20,21). The molecule has 3 amide bonds. The van der Waals surface area contributed by atoms with E-state index < -0.39 is 48.4 Å². The van der Waals surface area contributed by atoms with Gasteiger partial charge in [0.1, 0.15) is 18.6 Å². The summed E-state index contributed by atoms with van der Waals surface area (Å²) < 4.78 is 0. The number of nitrogens with one attached hydrogen (secondary N) is 3. The zero-order valence-electron chi connectivity index (χ0n) is 15.0. The number of carboxylic acid groups (broad SMARTS) is 1. The van der Waals surface area contributed by atoms with Crippen molar-refractivity contribution in [2.24, 2.45) is 11.7 Å². The zero-order chi connectivity index (χ0) is 19.6. The zero-order valence-corrected chi connectivity index (χ0v) is 15.8. The van der Waals surface area contributed by atoms with Gasteiger partial charge in [-0.1, -0.05) is 13.8 Å². The minimum Gasteiger partial charge on any atom is -0.480 e. The molecule has 25 heavy (non-hydrogen) atoms. The maximum Gasteiger partial charge on any atom is 0.322 e. The SMILES string of the molecule is CSCCC(NC(=O)C(NC(=O)C(C)N)C(C)C)C(=O)NCC(=O)O. The van der Waals surface area contributed by atoms with Gasteiger partial charge in [-0.25, -0.2) is 0 Å². The van der Waals surface area contributed by atoms with E-state index >= 15 is 0 Å². The Balaban J connectivity index is 5.02. The molecule has 0 radical (unpaired) electrons. The van der Waals surface area contributed by atoms with Crippen molar-refractivity contribution in [2.45, 2.75) is 45.3 Å². The highest BCUT2D eigenvalue weighted by atomic mass is 32.2. The summed E-state index contributed by atoms with van der Waals surface area (Å²) in [7, 11) is 0. The topological polar surface area (TPSA) is 151 Å². The number of rotatable bonds is 11. The van der Waals surface area contributed by atoms with Crippen molar-refractivity contribution in [1.82, 2.24) is 16.0 Å². The van der Waals surface area contributed by atoms with Gasteiger partial charge in [0, 0.05) is 0 Å². The molecule has 10 heteroatoms. The second-order valence-corrected chi connectivity index (χ2v) is 6.96. The summed E-state index contributed by atoms with van der Waals surface area (Å²) in [5.74, 6) is -2.35. The molecule has 0 aliphatic rings. The van der Waals surface area contributed by atoms with Gasteiger partial charge in [-0.15, -0.1) is 0 Å². The number of thioether (sulfide) groups is 1. The lowest BCUT2D eigenvalue weighted by Crippen LogP contribution is -2.57. The Hall–Kier alpha value is -1.81. The van der Waals surface area contributed by atoms with Crippen LogP contribution in [0.15, 0.2) is 0 Å². The Bertz CT molecular complexity index is 485. The fourth-order valence-corrected chi connectivity index (χ4v) is 2.34. The largest absolute Gasteiger partial charge is 0.480 e. The second-order valence-electron chi connectivity index (χ2n) is 5.97. The summed E-state index contributed by atoms with van der Waals surface area (Å²) in [4.78, 5) is 46.9. The molecule has 0 saturated heterocycles. The molecule has 0 rings (SSSR count). The molecule has 0 spiro atoms. The highest BCUT2D eigenvalue weighted by Crippen LogP contribution is 2.06. The van der Waals surface area contributed by atoms with E-state index in [1.54, 1.807) is 13.8 Å². The molecule has 9 nitrogen and oxygen atoms in total. The number of hydrogen-bond acceptors (Lipinski definition) is 6. The highest BCUT2D eigenvalue weighted by Gasteiger charge is 2.29. The van der Waals surface area contributed by atoms with Crippen LogP contribution >= 0.6 is 11.8 Å². The lowest BCUT2D eigenvalue weighted by molar-refractivity contribution is -0.138. The van der Waals surface area contributed by atoms with Crippen LogP contribution in [0.1, 0.15) is 27.2 Å². The Labute approximate surface area is 151 Å². The summed E-state index contributed by atoms with van der Waals surface area (Å²) in [6.07, 6.45) is 2.19. The van der Waals surface area contributed by atoms with Crippen LogP contribution in [0, 0.1) is 5.92 Å². The number of nitrogens with two attached hydrogens (primary N) is 1. The molecule has 0 aromatic rings. The molecule has 0 saturated carbocycles. The third-order valence-corrected chi connectivity index (χ3v) is 3.96. The molecule has 0 aromatic carbocycles. The summed E-state index contributed by atoms with van der Waals surface area (Å²) in [5.41, 5.74) is 5.50. The van der Waals surface area contributed by atoms with E-state index in [9.17, 15) is 19.2 Å². The molecule has 0 fully saturated rings. The molecule has 3 unspecified atom stereocenters. The summed E-state index contributed by atoms with van der Waals surface area (Å²) >= 11 is 1.49. The Kier molecular flexibility index (Phi) is 10.8. The predicted molar refractivity (Wildman–Crippen MR) is 96.0 cm³/mol. The Morgan fingerprint density at radius 1 is 1.04 bits per heavy atom. The molecule has 0 aromatic heterocycles. The van der Waals surface area contributed by atoms with Gasteiger partial charge in [0.2, 0.25) is 17.7 Å². The van der Waals surface area contributed by atoms with Gasteiger partial charge in [0.05, 0.1) is 6.04 Å². The van der Waals surface area contributed by atoms with Crippen LogP contribution in [-0.4, -0.2) is 65.5 Å². The van der Waals surface area contributed by atoms with Gasteiger partial charge in [0.25, 0.3) is 0 Å². The fraction of sp³-hybridized carbons (Fsp3) is 0.733. The third kappa shape index (κ3) is 9.30. The fourth-order valence-electron chi connectivity index (χ4n) is 1.87. The van der Waals surface area contributed by atoms with Crippen molar-refractivity contribution in [1.29, 1.82) is 0 Å². The maximum absolute atomic E-state index is 12.5. The van der Waals surface area contributed by atoms with E-state index in [0.717, 1.165) is 0 Å². The minimum atomic E-state index is -1.17. The molecular formula is C15H28N4O5S. The maximum atomic E-state index is 12.5. The summed E-state index contributed by atoms with van der Waals surface area (Å²) in [6.45, 7) is 4.49. The molecule has 144 valence electrons. The van der Waals surface area contributed by atoms with Gasteiger partial charge in [-0.2, -0.15) is 11.8 Å². The quantitative estimate of drug-likeness (QED) is 0.307. The number of aliphatic carboxylic acids is 1. The lowest BCUT2D eigenvalue weighted by atomic mass is 10.0.